The van der Waals surface area contributed by atoms with Crippen LogP contribution in [0.3, 0.4) is 0 Å². The summed E-state index contributed by atoms with van der Waals surface area (Å²) in [6.07, 6.45) is 0. The van der Waals surface area contributed by atoms with Crippen LogP contribution in [0.2, 0.25) is 10.0 Å². The van der Waals surface area contributed by atoms with Gasteiger partial charge in [-0.3, -0.25) is 4.79 Å². The van der Waals surface area contributed by atoms with Crippen LogP contribution in [0.1, 0.15) is 28.5 Å². The zero-order valence-corrected chi connectivity index (χ0v) is 18.2. The molecular formula is C22H23Cl2N3O2. The molecule has 0 aliphatic rings. The second kappa shape index (κ2) is 9.33. The normalized spacial score (nSPS) is 10.8. The highest BCUT2D eigenvalue weighted by Gasteiger charge is 2.24. The predicted molar refractivity (Wildman–Crippen MR) is 118 cm³/mol. The highest BCUT2D eigenvalue weighted by molar-refractivity contribution is 6.37. The molecule has 3 aromatic rings. The number of ketones is 1. The van der Waals surface area contributed by atoms with E-state index in [0.717, 1.165) is 12.2 Å². The van der Waals surface area contributed by atoms with Gasteiger partial charge in [-0.2, -0.15) is 5.10 Å². The SMILES string of the molecule is CCN(CCOc1c(C(=O)c2ccc(Cl)cc2Cl)c(C)nn1C)c1ccccc1. The van der Waals surface area contributed by atoms with Gasteiger partial charge in [0.1, 0.15) is 12.2 Å². The van der Waals surface area contributed by atoms with Gasteiger partial charge in [0.15, 0.2) is 0 Å². The first kappa shape index (κ1) is 21.2. The van der Waals surface area contributed by atoms with Crippen LogP contribution in [-0.4, -0.2) is 35.3 Å². The van der Waals surface area contributed by atoms with Crippen molar-refractivity contribution < 1.29 is 9.53 Å². The molecule has 0 aliphatic heterocycles. The van der Waals surface area contributed by atoms with Gasteiger partial charge in [-0.1, -0.05) is 41.4 Å². The van der Waals surface area contributed by atoms with E-state index in [-0.39, 0.29) is 5.78 Å². The second-order valence-corrected chi connectivity index (χ2v) is 7.45. The summed E-state index contributed by atoms with van der Waals surface area (Å²) in [5, 5.41) is 5.15. The lowest BCUT2D eigenvalue weighted by Gasteiger charge is -2.23. The summed E-state index contributed by atoms with van der Waals surface area (Å²) in [7, 11) is 1.76. The molecule has 0 bridgehead atoms. The number of hydrogen-bond acceptors (Lipinski definition) is 4. The molecule has 0 saturated carbocycles. The Hall–Kier alpha value is -2.50. The second-order valence-electron chi connectivity index (χ2n) is 6.61. The first-order chi connectivity index (χ1) is 13.9. The van der Waals surface area contributed by atoms with Crippen molar-refractivity contribution in [2.24, 2.45) is 7.05 Å². The van der Waals surface area contributed by atoms with E-state index in [2.05, 4.69) is 29.1 Å². The minimum atomic E-state index is -0.234. The van der Waals surface area contributed by atoms with Crippen molar-refractivity contribution in [3.05, 3.63) is 75.4 Å². The number of nitrogens with zero attached hydrogens (tertiary/aromatic N) is 3. The highest BCUT2D eigenvalue weighted by Crippen LogP contribution is 2.29. The fraction of sp³-hybridized carbons (Fsp3) is 0.273. The van der Waals surface area contributed by atoms with Crippen molar-refractivity contribution in [3.63, 3.8) is 0 Å². The Morgan fingerprint density at radius 3 is 2.55 bits per heavy atom. The van der Waals surface area contributed by atoms with Crippen LogP contribution >= 0.6 is 23.2 Å². The fourth-order valence-corrected chi connectivity index (χ4v) is 3.73. The molecule has 3 rings (SSSR count). The minimum absolute atomic E-state index is 0.234. The largest absolute Gasteiger partial charge is 0.475 e. The van der Waals surface area contributed by atoms with E-state index in [1.165, 1.54) is 0 Å². The van der Waals surface area contributed by atoms with Gasteiger partial charge in [0.05, 0.1) is 17.3 Å². The molecule has 0 fully saturated rings. The van der Waals surface area contributed by atoms with Gasteiger partial charge < -0.3 is 9.64 Å². The van der Waals surface area contributed by atoms with Crippen LogP contribution in [0.5, 0.6) is 5.88 Å². The number of likely N-dealkylation sites (N-methyl/N-ethyl adjacent to an activating group) is 1. The van der Waals surface area contributed by atoms with Crippen LogP contribution in [-0.2, 0) is 7.05 Å². The number of halogens is 2. The number of carbonyl (C=O) groups is 1. The lowest BCUT2D eigenvalue weighted by molar-refractivity contribution is 0.103. The van der Waals surface area contributed by atoms with Gasteiger partial charge in [0.25, 0.3) is 0 Å². The molecule has 1 aromatic heterocycles. The molecule has 2 aromatic carbocycles. The van der Waals surface area contributed by atoms with E-state index in [1.54, 1.807) is 36.9 Å². The summed E-state index contributed by atoms with van der Waals surface area (Å²) in [5.74, 6) is 0.199. The molecule has 0 saturated heterocycles. The van der Waals surface area contributed by atoms with Gasteiger partial charge in [-0.05, 0) is 44.2 Å². The molecule has 0 spiro atoms. The monoisotopic (exact) mass is 431 g/mol. The van der Waals surface area contributed by atoms with Crippen molar-refractivity contribution >= 4 is 34.7 Å². The summed E-state index contributed by atoms with van der Waals surface area (Å²) in [6.45, 7) is 5.82. The lowest BCUT2D eigenvalue weighted by Crippen LogP contribution is -2.28. The van der Waals surface area contributed by atoms with Crippen LogP contribution in [0.15, 0.2) is 48.5 Å². The van der Waals surface area contributed by atoms with Crippen LogP contribution in [0.25, 0.3) is 0 Å². The third-order valence-electron chi connectivity index (χ3n) is 4.68. The average molecular weight is 432 g/mol. The molecule has 1 heterocycles. The Kier molecular flexibility index (Phi) is 6.83. The number of para-hydroxylation sites is 1. The van der Waals surface area contributed by atoms with E-state index in [0.29, 0.717) is 45.9 Å². The number of ether oxygens (including phenoxy) is 1. The van der Waals surface area contributed by atoms with Crippen molar-refractivity contribution in [2.75, 3.05) is 24.6 Å². The molecular weight excluding hydrogens is 409 g/mol. The number of aryl methyl sites for hydroxylation is 2. The van der Waals surface area contributed by atoms with Crippen molar-refractivity contribution in [1.82, 2.24) is 9.78 Å². The maximum Gasteiger partial charge on any atom is 0.223 e. The van der Waals surface area contributed by atoms with Crippen molar-refractivity contribution in [2.45, 2.75) is 13.8 Å². The molecule has 0 aliphatic carbocycles. The summed E-state index contributed by atoms with van der Waals surface area (Å²) in [5.41, 5.74) is 2.51. The molecule has 152 valence electrons. The van der Waals surface area contributed by atoms with E-state index < -0.39 is 0 Å². The number of hydrogen-bond donors (Lipinski definition) is 0. The third-order valence-corrected chi connectivity index (χ3v) is 5.22. The highest BCUT2D eigenvalue weighted by atomic mass is 35.5. The van der Waals surface area contributed by atoms with Crippen LogP contribution in [0.4, 0.5) is 5.69 Å². The predicted octanol–water partition coefficient (Wildman–Crippen LogP) is 5.17. The molecule has 0 atom stereocenters. The summed E-state index contributed by atoms with van der Waals surface area (Å²) < 4.78 is 7.61. The van der Waals surface area contributed by atoms with Crippen molar-refractivity contribution in [3.8, 4) is 5.88 Å². The standard InChI is InChI=1S/C22H23Cl2N3O2/c1-4-27(17-8-6-5-7-9-17)12-13-29-22-20(15(2)25-26(22)3)21(28)18-11-10-16(23)14-19(18)24/h5-11,14H,4,12-13H2,1-3H3. The van der Waals surface area contributed by atoms with Gasteiger partial charge in [0, 0.05) is 29.9 Å². The maximum absolute atomic E-state index is 13.1. The quantitative estimate of drug-likeness (QED) is 0.461. The molecule has 29 heavy (non-hydrogen) atoms. The van der Waals surface area contributed by atoms with E-state index in [9.17, 15) is 4.79 Å². The van der Waals surface area contributed by atoms with Gasteiger partial charge >= 0.3 is 0 Å². The summed E-state index contributed by atoms with van der Waals surface area (Å²) in [4.78, 5) is 15.3. The molecule has 5 nitrogen and oxygen atoms in total. The Bertz CT molecular complexity index is 1000. The van der Waals surface area contributed by atoms with Gasteiger partial charge in [-0.15, -0.1) is 0 Å². The first-order valence-corrected chi connectivity index (χ1v) is 10.1. The topological polar surface area (TPSA) is 47.4 Å². The van der Waals surface area contributed by atoms with Crippen LogP contribution in [0, 0.1) is 6.92 Å². The smallest absolute Gasteiger partial charge is 0.223 e. The summed E-state index contributed by atoms with van der Waals surface area (Å²) >= 11 is 12.2. The Labute approximate surface area is 180 Å². The average Bonchev–Trinajstić information content (AvgIpc) is 2.98. The molecule has 7 heteroatoms. The third kappa shape index (κ3) is 4.74. The first-order valence-electron chi connectivity index (χ1n) is 9.38. The fourth-order valence-electron chi connectivity index (χ4n) is 3.23. The number of anilines is 1. The number of aromatic nitrogens is 2. The Morgan fingerprint density at radius 1 is 1.17 bits per heavy atom. The number of benzene rings is 2. The van der Waals surface area contributed by atoms with Crippen LogP contribution < -0.4 is 9.64 Å². The number of rotatable bonds is 8. The molecule has 0 unspecified atom stereocenters. The number of carbonyl (C=O) groups excluding carboxylic acids is 1. The Balaban J connectivity index is 1.79. The lowest BCUT2D eigenvalue weighted by atomic mass is 10.0. The zero-order valence-electron chi connectivity index (χ0n) is 16.7. The van der Waals surface area contributed by atoms with Gasteiger partial charge in [0.2, 0.25) is 11.7 Å². The maximum atomic E-state index is 13.1. The Morgan fingerprint density at radius 2 is 1.90 bits per heavy atom. The van der Waals surface area contributed by atoms with E-state index in [4.69, 9.17) is 27.9 Å². The summed E-state index contributed by atoms with van der Waals surface area (Å²) in [6, 6.07) is 15.0. The van der Waals surface area contributed by atoms with E-state index >= 15 is 0 Å². The minimum Gasteiger partial charge on any atom is -0.475 e. The van der Waals surface area contributed by atoms with E-state index in [1.807, 2.05) is 18.2 Å². The van der Waals surface area contributed by atoms with Crippen molar-refractivity contribution in [1.29, 1.82) is 0 Å². The van der Waals surface area contributed by atoms with Gasteiger partial charge in [-0.25, -0.2) is 4.68 Å². The molecule has 0 N–H and O–H groups in total. The zero-order chi connectivity index (χ0) is 21.0. The molecule has 0 radical (unpaired) electrons. The molecule has 0 amide bonds.